The van der Waals surface area contributed by atoms with Gasteiger partial charge in [0.1, 0.15) is 5.58 Å². The second kappa shape index (κ2) is 17.2. The lowest BCUT2D eigenvalue weighted by Crippen LogP contribution is -2.37. The summed E-state index contributed by atoms with van der Waals surface area (Å²) in [5, 5.41) is 2.17. The van der Waals surface area contributed by atoms with E-state index in [1.807, 2.05) is 0 Å². The Hall–Kier alpha value is -9.76. The van der Waals surface area contributed by atoms with Gasteiger partial charge in [0.25, 0.3) is 0 Å². The van der Waals surface area contributed by atoms with E-state index in [2.05, 4.69) is 290 Å². The molecule has 0 saturated heterocycles. The summed E-state index contributed by atoms with van der Waals surface area (Å²) in [5.41, 5.74) is 25.4. The van der Waals surface area contributed by atoms with Gasteiger partial charge in [0.2, 0.25) is 0 Å². The van der Waals surface area contributed by atoms with Crippen molar-refractivity contribution < 1.29 is 4.42 Å². The Morgan fingerprint density at radius 2 is 0.613 bits per heavy atom. The highest BCUT2D eigenvalue weighted by Gasteiger charge is 2.53. The standard InChI is InChI=1S/C73H47NO/c1-5-24-48(25-6-1)54-32-13-15-34-56(54)52-44-62(50-28-9-3-10-29-50)70-66(46-52)73(64-40-20-17-36-58(64)59-37-18-21-41-65(59)73)67-47-53(57-35-16-14-33-55(57)49-26-7-2-8-27-49)45-63(51-30-11-4-12-31-51)71(67)74(70)68-42-23-39-61-60-38-19-22-43-69(60)75-72(61)68/h1-47H. The molecule has 0 bridgehead atoms. The van der Waals surface area contributed by atoms with Crippen molar-refractivity contribution >= 4 is 39.0 Å². The molecular weight excluding hydrogens is 907 g/mol. The van der Waals surface area contributed by atoms with Crippen molar-refractivity contribution in [3.05, 3.63) is 307 Å². The zero-order chi connectivity index (χ0) is 49.5. The van der Waals surface area contributed by atoms with Crippen molar-refractivity contribution in [2.75, 3.05) is 4.90 Å². The molecule has 0 saturated carbocycles. The van der Waals surface area contributed by atoms with Crippen LogP contribution in [0.15, 0.2) is 290 Å². The number of fused-ring (bicyclic) bond motifs is 12. The average molecular weight is 954 g/mol. The van der Waals surface area contributed by atoms with Gasteiger partial charge in [-0.3, -0.25) is 0 Å². The van der Waals surface area contributed by atoms with E-state index in [4.69, 9.17) is 4.42 Å². The van der Waals surface area contributed by atoms with Crippen molar-refractivity contribution in [1.82, 2.24) is 0 Å². The van der Waals surface area contributed by atoms with Gasteiger partial charge in [-0.25, -0.2) is 0 Å². The minimum Gasteiger partial charge on any atom is -0.454 e. The van der Waals surface area contributed by atoms with Gasteiger partial charge in [-0.15, -0.1) is 0 Å². The van der Waals surface area contributed by atoms with E-state index in [-0.39, 0.29) is 0 Å². The highest BCUT2D eigenvalue weighted by atomic mass is 16.3. The monoisotopic (exact) mass is 953 g/mol. The van der Waals surface area contributed by atoms with Gasteiger partial charge in [0.05, 0.1) is 22.5 Å². The van der Waals surface area contributed by atoms with Crippen LogP contribution in [-0.2, 0) is 5.41 Å². The fourth-order valence-electron chi connectivity index (χ4n) is 12.7. The predicted molar refractivity (Wildman–Crippen MR) is 312 cm³/mol. The Labute approximate surface area is 436 Å². The molecule has 0 radical (unpaired) electrons. The van der Waals surface area contributed by atoms with Crippen LogP contribution >= 0.6 is 0 Å². The van der Waals surface area contributed by atoms with Crippen LogP contribution in [-0.4, -0.2) is 0 Å². The van der Waals surface area contributed by atoms with E-state index in [9.17, 15) is 0 Å². The molecule has 0 fully saturated rings. The molecule has 1 spiro atoms. The number of benzene rings is 12. The summed E-state index contributed by atoms with van der Waals surface area (Å²) in [6.45, 7) is 0. The minimum atomic E-state index is -0.821. The lowest BCUT2D eigenvalue weighted by Gasteiger charge is -2.47. The first-order valence-electron chi connectivity index (χ1n) is 25.9. The van der Waals surface area contributed by atoms with Crippen molar-refractivity contribution in [2.24, 2.45) is 0 Å². The number of hydrogen-bond donors (Lipinski definition) is 0. The Morgan fingerprint density at radius 3 is 1.08 bits per heavy atom. The highest BCUT2D eigenvalue weighted by Crippen LogP contribution is 2.67. The summed E-state index contributed by atoms with van der Waals surface area (Å²) in [5.74, 6) is 0. The Balaban J connectivity index is 1.18. The minimum absolute atomic E-state index is 0.821. The van der Waals surface area contributed by atoms with E-state index in [1.54, 1.807) is 0 Å². The lowest BCUT2D eigenvalue weighted by atomic mass is 9.62. The number of rotatable bonds is 7. The number of nitrogens with zero attached hydrogens (tertiary/aromatic N) is 1. The molecule has 2 heterocycles. The maximum atomic E-state index is 7.16. The van der Waals surface area contributed by atoms with Crippen LogP contribution in [0.1, 0.15) is 22.3 Å². The Morgan fingerprint density at radius 1 is 0.253 bits per heavy atom. The second-order valence-corrected chi connectivity index (χ2v) is 19.8. The van der Waals surface area contributed by atoms with Crippen molar-refractivity contribution in [2.45, 2.75) is 5.41 Å². The number of para-hydroxylation sites is 2. The molecule has 1 aliphatic heterocycles. The van der Waals surface area contributed by atoms with Crippen molar-refractivity contribution in [3.8, 4) is 77.9 Å². The molecule has 1 aromatic heterocycles. The van der Waals surface area contributed by atoms with Gasteiger partial charge in [-0.2, -0.15) is 0 Å². The zero-order valence-corrected chi connectivity index (χ0v) is 41.0. The normalized spacial score (nSPS) is 12.9. The Kier molecular flexibility index (Phi) is 9.83. The first-order valence-corrected chi connectivity index (χ1v) is 25.9. The molecule has 350 valence electrons. The van der Waals surface area contributed by atoms with Crippen LogP contribution in [0.25, 0.3) is 99.8 Å². The second-order valence-electron chi connectivity index (χ2n) is 19.8. The molecule has 75 heavy (non-hydrogen) atoms. The number of hydrogen-bond acceptors (Lipinski definition) is 2. The fourth-order valence-corrected chi connectivity index (χ4v) is 12.7. The summed E-state index contributed by atoms with van der Waals surface area (Å²) in [6.07, 6.45) is 0. The molecule has 1 aliphatic carbocycles. The van der Waals surface area contributed by atoms with Gasteiger partial charge < -0.3 is 9.32 Å². The highest BCUT2D eigenvalue weighted by molar-refractivity contribution is 6.14. The molecule has 2 aliphatic rings. The maximum absolute atomic E-state index is 7.16. The molecule has 13 aromatic rings. The van der Waals surface area contributed by atoms with Crippen LogP contribution in [0.3, 0.4) is 0 Å². The average Bonchev–Trinajstić information content (AvgIpc) is 4.04. The van der Waals surface area contributed by atoms with E-state index in [0.29, 0.717) is 0 Å². The predicted octanol–water partition coefficient (Wildman–Crippen LogP) is 19.7. The lowest BCUT2D eigenvalue weighted by molar-refractivity contribution is 0.668. The third-order valence-corrected chi connectivity index (χ3v) is 15.9. The van der Waals surface area contributed by atoms with Crippen LogP contribution in [0, 0.1) is 0 Å². The quantitative estimate of drug-likeness (QED) is 0.158. The largest absolute Gasteiger partial charge is 0.454 e. The number of anilines is 3. The third kappa shape index (κ3) is 6.53. The molecule has 15 rings (SSSR count). The SMILES string of the molecule is c1ccc(-c2ccccc2-c2cc(-c3ccccc3)c3c(c2)C2(c4ccccc4-c4ccccc42)c2cc(-c4ccccc4-c4ccccc4)cc(-c4ccccc4)c2N3c2cccc3c2oc2ccccc23)cc1. The topological polar surface area (TPSA) is 16.4 Å². The van der Waals surface area contributed by atoms with E-state index in [1.165, 1.54) is 66.8 Å². The maximum Gasteiger partial charge on any atom is 0.159 e. The van der Waals surface area contributed by atoms with Gasteiger partial charge in [0.15, 0.2) is 5.58 Å². The van der Waals surface area contributed by atoms with Crippen molar-refractivity contribution in [3.63, 3.8) is 0 Å². The van der Waals surface area contributed by atoms with Crippen LogP contribution in [0.4, 0.5) is 17.1 Å². The first-order chi connectivity index (χ1) is 37.2. The first kappa shape index (κ1) is 42.9. The van der Waals surface area contributed by atoms with E-state index < -0.39 is 5.41 Å². The summed E-state index contributed by atoms with van der Waals surface area (Å²) in [4.78, 5) is 2.59. The Bertz CT molecular complexity index is 4120. The van der Waals surface area contributed by atoms with Crippen LogP contribution < -0.4 is 4.90 Å². The molecular formula is C73H47NO. The molecule has 12 aromatic carbocycles. The molecule has 0 N–H and O–H groups in total. The van der Waals surface area contributed by atoms with Gasteiger partial charge in [-0.05, 0) is 125 Å². The molecule has 0 unspecified atom stereocenters. The van der Waals surface area contributed by atoms with Gasteiger partial charge in [-0.1, -0.05) is 249 Å². The summed E-state index contributed by atoms with van der Waals surface area (Å²) >= 11 is 0. The molecule has 0 atom stereocenters. The third-order valence-electron chi connectivity index (χ3n) is 15.9. The van der Waals surface area contributed by atoms with Crippen molar-refractivity contribution in [1.29, 1.82) is 0 Å². The summed E-state index contributed by atoms with van der Waals surface area (Å²) in [7, 11) is 0. The van der Waals surface area contributed by atoms with Gasteiger partial charge >= 0.3 is 0 Å². The van der Waals surface area contributed by atoms with Gasteiger partial charge in [0, 0.05) is 21.9 Å². The zero-order valence-electron chi connectivity index (χ0n) is 41.0. The van der Waals surface area contributed by atoms with E-state index in [0.717, 1.165) is 72.4 Å². The number of furan rings is 1. The molecule has 0 amide bonds. The van der Waals surface area contributed by atoms with Crippen LogP contribution in [0.5, 0.6) is 0 Å². The summed E-state index contributed by atoms with van der Waals surface area (Å²) in [6, 6.07) is 105. The smallest absolute Gasteiger partial charge is 0.159 e. The summed E-state index contributed by atoms with van der Waals surface area (Å²) < 4.78 is 7.16. The molecule has 2 heteroatoms. The van der Waals surface area contributed by atoms with Crippen LogP contribution in [0.2, 0.25) is 0 Å². The fraction of sp³-hybridized carbons (Fsp3) is 0.0137. The van der Waals surface area contributed by atoms with E-state index >= 15 is 0 Å². The molecule has 2 nitrogen and oxygen atoms in total.